The van der Waals surface area contributed by atoms with Crippen molar-refractivity contribution in [3.8, 4) is 0 Å². The number of rotatable bonds is 8. The van der Waals surface area contributed by atoms with E-state index < -0.39 is 11.7 Å². The van der Waals surface area contributed by atoms with Gasteiger partial charge in [0.15, 0.2) is 0 Å². The minimum atomic E-state index is -0.643. The predicted molar refractivity (Wildman–Crippen MR) is 105 cm³/mol. The largest absolute Gasteiger partial charge is 0.444 e. The van der Waals surface area contributed by atoms with E-state index in [2.05, 4.69) is 16.0 Å². The normalized spacial score (nSPS) is 11.0. The number of carbonyl (C=O) groups is 3. The highest BCUT2D eigenvalue weighted by atomic mass is 16.6. The first-order valence-corrected chi connectivity index (χ1v) is 9.28. The van der Waals surface area contributed by atoms with Crippen molar-refractivity contribution in [3.05, 3.63) is 29.8 Å². The van der Waals surface area contributed by atoms with E-state index in [9.17, 15) is 14.4 Å². The van der Waals surface area contributed by atoms with Gasteiger partial charge in [0.1, 0.15) is 12.1 Å². The molecular weight excluding hydrogens is 346 g/mol. The maximum atomic E-state index is 12.3. The lowest BCUT2D eigenvalue weighted by molar-refractivity contribution is -0.120. The van der Waals surface area contributed by atoms with E-state index in [4.69, 9.17) is 4.74 Å². The van der Waals surface area contributed by atoms with Gasteiger partial charge in [-0.05, 0) is 45.2 Å². The van der Waals surface area contributed by atoms with Crippen molar-refractivity contribution in [1.29, 1.82) is 0 Å². The van der Waals surface area contributed by atoms with Crippen molar-refractivity contribution in [2.24, 2.45) is 5.92 Å². The molecule has 1 aromatic carbocycles. The van der Waals surface area contributed by atoms with Crippen LogP contribution in [0.2, 0.25) is 0 Å². The van der Waals surface area contributed by atoms with Crippen LogP contribution in [0.1, 0.15) is 53.0 Å². The molecule has 0 aromatic heterocycles. The van der Waals surface area contributed by atoms with Crippen molar-refractivity contribution in [3.63, 3.8) is 0 Å². The molecule has 3 amide bonds. The lowest BCUT2D eigenvalue weighted by Crippen LogP contribution is -2.39. The third-order valence-corrected chi connectivity index (χ3v) is 3.90. The molecule has 0 aliphatic heterocycles. The van der Waals surface area contributed by atoms with Gasteiger partial charge < -0.3 is 20.7 Å². The molecule has 0 saturated carbocycles. The SMILES string of the molecule is CCC(CC)C(=O)Nc1ccccc1CNC(=O)CNC(=O)OC(C)(C)C. The second-order valence-corrected chi connectivity index (χ2v) is 7.29. The Morgan fingerprint density at radius 2 is 1.67 bits per heavy atom. The Morgan fingerprint density at radius 3 is 2.26 bits per heavy atom. The van der Waals surface area contributed by atoms with Crippen LogP contribution >= 0.6 is 0 Å². The number of para-hydroxylation sites is 1. The molecule has 0 fully saturated rings. The molecule has 7 nitrogen and oxygen atoms in total. The summed E-state index contributed by atoms with van der Waals surface area (Å²) in [7, 11) is 0. The first-order valence-electron chi connectivity index (χ1n) is 9.28. The van der Waals surface area contributed by atoms with Gasteiger partial charge in [-0.15, -0.1) is 0 Å². The molecule has 0 aliphatic rings. The molecule has 0 atom stereocenters. The highest BCUT2D eigenvalue weighted by Crippen LogP contribution is 2.18. The first-order chi connectivity index (χ1) is 12.7. The molecule has 0 saturated heterocycles. The van der Waals surface area contributed by atoms with Gasteiger partial charge in [-0.3, -0.25) is 9.59 Å². The Labute approximate surface area is 161 Å². The smallest absolute Gasteiger partial charge is 0.408 e. The number of anilines is 1. The van der Waals surface area contributed by atoms with Crippen molar-refractivity contribution in [2.75, 3.05) is 11.9 Å². The van der Waals surface area contributed by atoms with E-state index in [1.165, 1.54) is 0 Å². The standard InChI is InChI=1S/C20H31N3O4/c1-6-14(7-2)18(25)23-16-11-9-8-10-15(16)12-21-17(24)13-22-19(26)27-20(3,4)5/h8-11,14H,6-7,12-13H2,1-5H3,(H,21,24)(H,22,26)(H,23,25). The zero-order chi connectivity index (χ0) is 20.4. The van der Waals surface area contributed by atoms with Crippen LogP contribution in [0.5, 0.6) is 0 Å². The van der Waals surface area contributed by atoms with Gasteiger partial charge in [-0.2, -0.15) is 0 Å². The average molecular weight is 377 g/mol. The molecule has 3 N–H and O–H groups in total. The Kier molecular flexibility index (Phi) is 8.78. The van der Waals surface area contributed by atoms with Gasteiger partial charge in [0.2, 0.25) is 11.8 Å². The van der Waals surface area contributed by atoms with Crippen LogP contribution in [0.25, 0.3) is 0 Å². The van der Waals surface area contributed by atoms with E-state index in [1.54, 1.807) is 26.8 Å². The van der Waals surface area contributed by atoms with Crippen molar-refractivity contribution in [1.82, 2.24) is 10.6 Å². The molecule has 150 valence electrons. The fourth-order valence-corrected chi connectivity index (χ4v) is 2.41. The van der Waals surface area contributed by atoms with Gasteiger partial charge >= 0.3 is 6.09 Å². The Balaban J connectivity index is 2.56. The Bertz CT molecular complexity index is 649. The minimum Gasteiger partial charge on any atom is -0.444 e. The van der Waals surface area contributed by atoms with Crippen LogP contribution < -0.4 is 16.0 Å². The summed E-state index contributed by atoms with van der Waals surface area (Å²) in [5.74, 6) is -0.405. The molecule has 0 spiro atoms. The van der Waals surface area contributed by atoms with Gasteiger partial charge in [-0.1, -0.05) is 32.0 Å². The van der Waals surface area contributed by atoms with Gasteiger partial charge in [0, 0.05) is 18.2 Å². The first kappa shape index (κ1) is 22.5. The third-order valence-electron chi connectivity index (χ3n) is 3.90. The number of hydrogen-bond donors (Lipinski definition) is 3. The topological polar surface area (TPSA) is 96.5 Å². The summed E-state index contributed by atoms with van der Waals surface area (Å²) in [4.78, 5) is 35.8. The number of ether oxygens (including phenoxy) is 1. The van der Waals surface area contributed by atoms with Crippen LogP contribution in [0.15, 0.2) is 24.3 Å². The lowest BCUT2D eigenvalue weighted by atomic mass is 10.0. The molecule has 1 aromatic rings. The second-order valence-electron chi connectivity index (χ2n) is 7.29. The zero-order valence-electron chi connectivity index (χ0n) is 16.8. The monoisotopic (exact) mass is 377 g/mol. The molecule has 27 heavy (non-hydrogen) atoms. The van der Waals surface area contributed by atoms with Crippen LogP contribution in [-0.2, 0) is 20.9 Å². The zero-order valence-corrected chi connectivity index (χ0v) is 16.8. The summed E-state index contributed by atoms with van der Waals surface area (Å²) < 4.78 is 5.08. The molecule has 7 heteroatoms. The summed E-state index contributed by atoms with van der Waals surface area (Å²) >= 11 is 0. The highest BCUT2D eigenvalue weighted by Gasteiger charge is 2.17. The number of alkyl carbamates (subject to hydrolysis) is 1. The van der Waals surface area contributed by atoms with Crippen molar-refractivity contribution >= 4 is 23.6 Å². The van der Waals surface area contributed by atoms with Crippen molar-refractivity contribution < 1.29 is 19.1 Å². The maximum Gasteiger partial charge on any atom is 0.408 e. The average Bonchev–Trinajstić information content (AvgIpc) is 2.59. The predicted octanol–water partition coefficient (Wildman–Crippen LogP) is 3.20. The van der Waals surface area contributed by atoms with E-state index >= 15 is 0 Å². The fraction of sp³-hybridized carbons (Fsp3) is 0.550. The summed E-state index contributed by atoms with van der Waals surface area (Å²) in [5.41, 5.74) is 0.851. The van der Waals surface area contributed by atoms with Crippen molar-refractivity contribution in [2.45, 2.75) is 59.6 Å². The molecule has 0 heterocycles. The molecular formula is C20H31N3O4. The number of carbonyl (C=O) groups excluding carboxylic acids is 3. The minimum absolute atomic E-state index is 0.0228. The summed E-state index contributed by atoms with van der Waals surface area (Å²) in [6.45, 7) is 9.28. The lowest BCUT2D eigenvalue weighted by Gasteiger charge is -2.19. The van der Waals surface area contributed by atoms with Crippen LogP contribution in [0.4, 0.5) is 10.5 Å². The van der Waals surface area contributed by atoms with E-state index in [1.807, 2.05) is 32.0 Å². The molecule has 0 aliphatic carbocycles. The number of benzene rings is 1. The molecule has 0 bridgehead atoms. The summed E-state index contributed by atoms with van der Waals surface area (Å²) in [6.07, 6.45) is 0.908. The third kappa shape index (κ3) is 8.57. The number of nitrogens with one attached hydrogen (secondary N) is 3. The second kappa shape index (κ2) is 10.5. The molecule has 0 radical (unpaired) electrons. The maximum absolute atomic E-state index is 12.3. The van der Waals surface area contributed by atoms with Gasteiger partial charge in [0.05, 0.1) is 0 Å². The quantitative estimate of drug-likeness (QED) is 0.648. The molecule has 1 rings (SSSR count). The van der Waals surface area contributed by atoms with Gasteiger partial charge in [-0.25, -0.2) is 4.79 Å². The number of amides is 3. The Morgan fingerprint density at radius 1 is 1.04 bits per heavy atom. The van der Waals surface area contributed by atoms with Gasteiger partial charge in [0.25, 0.3) is 0 Å². The summed E-state index contributed by atoms with van der Waals surface area (Å²) in [5, 5.41) is 8.07. The summed E-state index contributed by atoms with van der Waals surface area (Å²) in [6, 6.07) is 7.32. The highest BCUT2D eigenvalue weighted by molar-refractivity contribution is 5.93. The molecule has 0 unspecified atom stereocenters. The van der Waals surface area contributed by atoms with Crippen LogP contribution in [0, 0.1) is 5.92 Å². The number of hydrogen-bond acceptors (Lipinski definition) is 4. The van der Waals surface area contributed by atoms with E-state index in [-0.39, 0.29) is 30.8 Å². The van der Waals surface area contributed by atoms with Crippen LogP contribution in [-0.4, -0.2) is 30.1 Å². The van der Waals surface area contributed by atoms with E-state index in [0.717, 1.165) is 18.4 Å². The Hall–Kier alpha value is -2.57. The fourth-order valence-electron chi connectivity index (χ4n) is 2.41. The van der Waals surface area contributed by atoms with E-state index in [0.29, 0.717) is 5.69 Å². The van der Waals surface area contributed by atoms with Crippen LogP contribution in [0.3, 0.4) is 0 Å².